The minimum absolute atomic E-state index is 0.101. The van der Waals surface area contributed by atoms with Crippen molar-refractivity contribution in [1.29, 1.82) is 0 Å². The van der Waals surface area contributed by atoms with Gasteiger partial charge in [0, 0.05) is 19.3 Å². The van der Waals surface area contributed by atoms with Crippen molar-refractivity contribution in [2.24, 2.45) is 0 Å². The summed E-state index contributed by atoms with van der Waals surface area (Å²) in [4.78, 5) is 0. The molecule has 0 radical (unpaired) electrons. The molecule has 0 atom stereocenters. The van der Waals surface area contributed by atoms with Gasteiger partial charge in [0.25, 0.3) is 0 Å². The topological polar surface area (TPSA) is 41.5 Å². The van der Waals surface area contributed by atoms with E-state index in [9.17, 15) is 5.11 Å². The predicted octanol–water partition coefficient (Wildman–Crippen LogP) is 3.27. The van der Waals surface area contributed by atoms with Crippen LogP contribution in [0.1, 0.15) is 20.3 Å². The van der Waals surface area contributed by atoms with E-state index in [2.05, 4.69) is 5.32 Å². The highest BCUT2D eigenvalue weighted by Gasteiger charge is 2.15. The SMILES string of the molecule is COC(C)(C)CCNc1ccc(O)c(Cl)c1. The van der Waals surface area contributed by atoms with Gasteiger partial charge in [0.05, 0.1) is 10.6 Å². The first-order chi connectivity index (χ1) is 7.44. The fraction of sp³-hybridized carbons (Fsp3) is 0.500. The maximum atomic E-state index is 9.26. The second kappa shape index (κ2) is 5.41. The number of aromatic hydroxyl groups is 1. The van der Waals surface area contributed by atoms with Gasteiger partial charge in [0.15, 0.2) is 0 Å². The largest absolute Gasteiger partial charge is 0.506 e. The quantitative estimate of drug-likeness (QED) is 0.780. The Bertz CT molecular complexity index is 353. The van der Waals surface area contributed by atoms with Crippen LogP contribution in [0.3, 0.4) is 0 Å². The van der Waals surface area contributed by atoms with Crippen LogP contribution < -0.4 is 5.32 Å². The van der Waals surface area contributed by atoms with E-state index in [4.69, 9.17) is 16.3 Å². The average Bonchev–Trinajstić information content (AvgIpc) is 2.23. The Morgan fingerprint density at radius 3 is 2.69 bits per heavy atom. The lowest BCUT2D eigenvalue weighted by atomic mass is 10.1. The Hall–Kier alpha value is -0.930. The molecule has 0 amide bonds. The highest BCUT2D eigenvalue weighted by atomic mass is 35.5. The Morgan fingerprint density at radius 2 is 2.12 bits per heavy atom. The van der Waals surface area contributed by atoms with E-state index >= 15 is 0 Å². The maximum Gasteiger partial charge on any atom is 0.134 e. The summed E-state index contributed by atoms with van der Waals surface area (Å²) in [5.41, 5.74) is 0.767. The molecule has 0 aliphatic heterocycles. The first-order valence-electron chi connectivity index (χ1n) is 5.22. The third-order valence-electron chi connectivity index (χ3n) is 2.56. The van der Waals surface area contributed by atoms with E-state index in [-0.39, 0.29) is 11.4 Å². The van der Waals surface area contributed by atoms with Crippen LogP contribution in [0.2, 0.25) is 5.02 Å². The number of rotatable bonds is 5. The maximum absolute atomic E-state index is 9.26. The zero-order chi connectivity index (χ0) is 12.2. The van der Waals surface area contributed by atoms with Crippen LogP contribution in [0.4, 0.5) is 5.69 Å². The molecule has 0 aliphatic rings. The molecule has 0 aliphatic carbocycles. The van der Waals surface area contributed by atoms with Gasteiger partial charge in [-0.1, -0.05) is 11.6 Å². The van der Waals surface area contributed by atoms with Crippen molar-refractivity contribution in [2.45, 2.75) is 25.9 Å². The van der Waals surface area contributed by atoms with Crippen LogP contribution in [0, 0.1) is 0 Å². The summed E-state index contributed by atoms with van der Waals surface area (Å²) in [5, 5.41) is 12.8. The summed E-state index contributed by atoms with van der Waals surface area (Å²) < 4.78 is 5.31. The van der Waals surface area contributed by atoms with Crippen molar-refractivity contribution in [3.8, 4) is 5.75 Å². The van der Waals surface area contributed by atoms with E-state index in [0.29, 0.717) is 5.02 Å². The molecule has 0 unspecified atom stereocenters. The number of nitrogens with one attached hydrogen (secondary N) is 1. The lowest BCUT2D eigenvalue weighted by Gasteiger charge is -2.23. The molecule has 16 heavy (non-hydrogen) atoms. The van der Waals surface area contributed by atoms with Gasteiger partial charge in [0.2, 0.25) is 0 Å². The van der Waals surface area contributed by atoms with Crippen LogP contribution in [-0.2, 0) is 4.74 Å². The standard InChI is InChI=1S/C12H18ClNO2/c1-12(2,16-3)6-7-14-9-4-5-11(15)10(13)8-9/h4-5,8,14-15H,6-7H2,1-3H3. The van der Waals surface area contributed by atoms with Crippen LogP contribution in [-0.4, -0.2) is 24.4 Å². The number of anilines is 1. The van der Waals surface area contributed by atoms with E-state index < -0.39 is 0 Å². The number of methoxy groups -OCH3 is 1. The highest BCUT2D eigenvalue weighted by Crippen LogP contribution is 2.26. The molecule has 3 nitrogen and oxygen atoms in total. The van der Waals surface area contributed by atoms with Crippen LogP contribution in [0.5, 0.6) is 5.75 Å². The molecule has 2 N–H and O–H groups in total. The number of hydrogen-bond donors (Lipinski definition) is 2. The van der Waals surface area contributed by atoms with Gasteiger partial charge in [-0.15, -0.1) is 0 Å². The second-order valence-corrected chi connectivity index (χ2v) is 4.71. The second-order valence-electron chi connectivity index (χ2n) is 4.31. The molecular weight excluding hydrogens is 226 g/mol. The van der Waals surface area contributed by atoms with Crippen molar-refractivity contribution in [3.63, 3.8) is 0 Å². The van der Waals surface area contributed by atoms with Crippen molar-refractivity contribution < 1.29 is 9.84 Å². The molecule has 1 aromatic carbocycles. The molecule has 0 heterocycles. The number of hydrogen-bond acceptors (Lipinski definition) is 3. The van der Waals surface area contributed by atoms with Gasteiger partial charge in [-0.25, -0.2) is 0 Å². The normalized spacial score (nSPS) is 11.5. The first kappa shape index (κ1) is 13.1. The molecule has 0 saturated heterocycles. The average molecular weight is 244 g/mol. The molecule has 0 saturated carbocycles. The highest BCUT2D eigenvalue weighted by molar-refractivity contribution is 6.32. The lowest BCUT2D eigenvalue weighted by molar-refractivity contribution is 0.0185. The molecule has 1 aromatic rings. The summed E-state index contributed by atoms with van der Waals surface area (Å²) in [6.07, 6.45) is 0.891. The predicted molar refractivity (Wildman–Crippen MR) is 67.3 cm³/mol. The van der Waals surface area contributed by atoms with E-state index in [1.165, 1.54) is 0 Å². The first-order valence-corrected chi connectivity index (χ1v) is 5.60. The number of phenols is 1. The van der Waals surface area contributed by atoms with Gasteiger partial charge in [0.1, 0.15) is 5.75 Å². The summed E-state index contributed by atoms with van der Waals surface area (Å²) in [5.74, 6) is 0.101. The molecule has 0 bridgehead atoms. The smallest absolute Gasteiger partial charge is 0.134 e. The Balaban J connectivity index is 2.46. The zero-order valence-corrected chi connectivity index (χ0v) is 10.6. The number of benzene rings is 1. The summed E-state index contributed by atoms with van der Waals surface area (Å²) in [7, 11) is 1.71. The molecule has 90 valence electrons. The van der Waals surface area contributed by atoms with E-state index in [0.717, 1.165) is 18.7 Å². The Morgan fingerprint density at radius 1 is 1.44 bits per heavy atom. The minimum atomic E-state index is -0.131. The molecule has 0 aromatic heterocycles. The number of phenolic OH excluding ortho intramolecular Hbond substituents is 1. The third kappa shape index (κ3) is 3.91. The van der Waals surface area contributed by atoms with Crippen LogP contribution >= 0.6 is 11.6 Å². The molecule has 0 spiro atoms. The molecule has 1 rings (SSSR count). The van der Waals surface area contributed by atoms with Crippen molar-refractivity contribution in [3.05, 3.63) is 23.2 Å². The third-order valence-corrected chi connectivity index (χ3v) is 2.86. The number of halogens is 1. The molecule has 0 fully saturated rings. The van der Waals surface area contributed by atoms with E-state index in [1.807, 2.05) is 13.8 Å². The van der Waals surface area contributed by atoms with Gasteiger partial charge >= 0.3 is 0 Å². The summed E-state index contributed by atoms with van der Waals surface area (Å²) >= 11 is 5.80. The zero-order valence-electron chi connectivity index (χ0n) is 9.88. The van der Waals surface area contributed by atoms with Gasteiger partial charge in [-0.2, -0.15) is 0 Å². The molecule has 4 heteroatoms. The monoisotopic (exact) mass is 243 g/mol. The van der Waals surface area contributed by atoms with Crippen LogP contribution in [0.25, 0.3) is 0 Å². The van der Waals surface area contributed by atoms with Crippen molar-refractivity contribution in [2.75, 3.05) is 19.0 Å². The fourth-order valence-corrected chi connectivity index (χ4v) is 1.41. The molecular formula is C12H18ClNO2. The number of ether oxygens (including phenoxy) is 1. The Kier molecular flexibility index (Phi) is 4.44. The van der Waals surface area contributed by atoms with Crippen molar-refractivity contribution in [1.82, 2.24) is 0 Å². The van der Waals surface area contributed by atoms with Gasteiger partial charge in [-0.3, -0.25) is 0 Å². The van der Waals surface area contributed by atoms with Gasteiger partial charge in [-0.05, 0) is 38.5 Å². The Labute approximate surface area is 101 Å². The van der Waals surface area contributed by atoms with Gasteiger partial charge < -0.3 is 15.2 Å². The van der Waals surface area contributed by atoms with E-state index in [1.54, 1.807) is 25.3 Å². The fourth-order valence-electron chi connectivity index (χ4n) is 1.23. The lowest BCUT2D eigenvalue weighted by Crippen LogP contribution is -2.25. The summed E-state index contributed by atoms with van der Waals surface area (Å²) in [6.45, 7) is 4.87. The van der Waals surface area contributed by atoms with Crippen molar-refractivity contribution >= 4 is 17.3 Å². The van der Waals surface area contributed by atoms with Crippen LogP contribution in [0.15, 0.2) is 18.2 Å². The summed E-state index contributed by atoms with van der Waals surface area (Å²) in [6, 6.07) is 5.07. The minimum Gasteiger partial charge on any atom is -0.506 e.